The van der Waals surface area contributed by atoms with Gasteiger partial charge < -0.3 is 5.11 Å². The lowest BCUT2D eigenvalue weighted by Crippen LogP contribution is -1.99. The van der Waals surface area contributed by atoms with Crippen molar-refractivity contribution in [3.63, 3.8) is 0 Å². The molecule has 0 aliphatic heterocycles. The van der Waals surface area contributed by atoms with E-state index >= 15 is 0 Å². The van der Waals surface area contributed by atoms with Crippen LogP contribution in [0.5, 0.6) is 0 Å². The van der Waals surface area contributed by atoms with Gasteiger partial charge in [-0.25, -0.2) is 4.79 Å². The zero-order chi connectivity index (χ0) is 13.7. The van der Waals surface area contributed by atoms with E-state index in [0.29, 0.717) is 5.56 Å². The van der Waals surface area contributed by atoms with Crippen molar-refractivity contribution in [1.82, 2.24) is 4.98 Å². The second kappa shape index (κ2) is 6.38. The molecule has 0 saturated heterocycles. The maximum Gasteiger partial charge on any atom is 0.335 e. The van der Waals surface area contributed by atoms with E-state index in [1.165, 1.54) is 0 Å². The van der Waals surface area contributed by atoms with Crippen LogP contribution in [0.15, 0.2) is 47.5 Å². The highest BCUT2D eigenvalue weighted by molar-refractivity contribution is 7.99. The van der Waals surface area contributed by atoms with Gasteiger partial charge in [-0.15, -0.1) is 11.8 Å². The topological polar surface area (TPSA) is 50.2 Å². The lowest BCUT2D eigenvalue weighted by molar-refractivity contribution is 0.0696. The maximum absolute atomic E-state index is 11.1. The predicted molar refractivity (Wildman–Crippen MR) is 76.8 cm³/mol. The Morgan fingerprint density at radius 3 is 2.84 bits per heavy atom. The molecule has 0 saturated carbocycles. The Balaban J connectivity index is 1.97. The van der Waals surface area contributed by atoms with Crippen LogP contribution in [0.4, 0.5) is 0 Å². The third kappa shape index (κ3) is 3.83. The van der Waals surface area contributed by atoms with E-state index in [1.54, 1.807) is 24.0 Å². The summed E-state index contributed by atoms with van der Waals surface area (Å²) in [6, 6.07) is 11.4. The molecule has 98 valence electrons. The number of carbonyl (C=O) groups is 1. The highest BCUT2D eigenvalue weighted by Crippen LogP contribution is 2.22. The molecule has 0 atom stereocenters. The summed E-state index contributed by atoms with van der Waals surface area (Å²) in [5, 5.41) is 9.07. The van der Waals surface area contributed by atoms with Crippen molar-refractivity contribution < 1.29 is 9.90 Å². The Bertz CT molecular complexity index is 570. The molecule has 0 amide bonds. The Morgan fingerprint density at radius 2 is 2.16 bits per heavy atom. The van der Waals surface area contributed by atoms with E-state index in [0.717, 1.165) is 28.3 Å². The molecular weight excluding hydrogens is 258 g/mol. The molecule has 0 spiro atoms. The molecule has 0 fully saturated rings. The Labute approximate surface area is 116 Å². The minimum Gasteiger partial charge on any atom is -0.478 e. The number of rotatable bonds is 5. The van der Waals surface area contributed by atoms with Crippen molar-refractivity contribution in [2.45, 2.75) is 18.2 Å². The van der Waals surface area contributed by atoms with Crippen molar-refractivity contribution in [2.75, 3.05) is 5.75 Å². The number of thioether (sulfide) groups is 1. The highest BCUT2D eigenvalue weighted by Gasteiger charge is 2.08. The Kier molecular flexibility index (Phi) is 4.58. The molecule has 0 radical (unpaired) electrons. The van der Waals surface area contributed by atoms with E-state index in [2.05, 4.69) is 4.98 Å². The molecule has 3 nitrogen and oxygen atoms in total. The molecule has 0 aliphatic carbocycles. The third-order valence-electron chi connectivity index (χ3n) is 2.79. The van der Waals surface area contributed by atoms with Crippen LogP contribution < -0.4 is 0 Å². The van der Waals surface area contributed by atoms with Crippen LogP contribution in [0.2, 0.25) is 0 Å². The molecule has 1 aromatic carbocycles. The number of aromatic nitrogens is 1. The molecule has 1 heterocycles. The molecule has 4 heteroatoms. The average Bonchev–Trinajstić information content (AvgIpc) is 2.41. The zero-order valence-electron chi connectivity index (χ0n) is 10.7. The van der Waals surface area contributed by atoms with E-state index < -0.39 is 5.97 Å². The fourth-order valence-corrected chi connectivity index (χ4v) is 2.65. The van der Waals surface area contributed by atoms with Gasteiger partial charge in [0, 0.05) is 22.5 Å². The number of pyridine rings is 1. The van der Waals surface area contributed by atoms with E-state index in [9.17, 15) is 4.79 Å². The van der Waals surface area contributed by atoms with Gasteiger partial charge in [0.1, 0.15) is 0 Å². The van der Waals surface area contributed by atoms with Gasteiger partial charge in [0.15, 0.2) is 0 Å². The Hall–Kier alpha value is -1.81. The fourth-order valence-electron chi connectivity index (χ4n) is 1.74. The summed E-state index contributed by atoms with van der Waals surface area (Å²) in [6.45, 7) is 1.81. The molecule has 1 N–H and O–H groups in total. The number of aromatic carboxylic acids is 1. The molecule has 0 unspecified atom stereocenters. The minimum absolute atomic E-state index is 0.378. The van der Waals surface area contributed by atoms with E-state index in [-0.39, 0.29) is 0 Å². The van der Waals surface area contributed by atoms with Crippen molar-refractivity contribution >= 4 is 17.7 Å². The number of hydrogen-bond acceptors (Lipinski definition) is 3. The van der Waals surface area contributed by atoms with E-state index in [4.69, 9.17) is 5.11 Å². The number of nitrogens with zero attached hydrogens (tertiary/aromatic N) is 1. The summed E-state index contributed by atoms with van der Waals surface area (Å²) >= 11 is 1.65. The molecule has 1 aromatic heterocycles. The van der Waals surface area contributed by atoms with Gasteiger partial charge in [0.05, 0.1) is 5.56 Å². The van der Waals surface area contributed by atoms with Gasteiger partial charge in [0.25, 0.3) is 0 Å². The molecule has 2 rings (SSSR count). The monoisotopic (exact) mass is 273 g/mol. The number of carboxylic acids is 1. The SMILES string of the molecule is Cc1ccc(SCCc2ccccn2)cc1C(=O)O. The van der Waals surface area contributed by atoms with Crippen LogP contribution in [-0.2, 0) is 6.42 Å². The minimum atomic E-state index is -0.871. The summed E-state index contributed by atoms with van der Waals surface area (Å²) in [5.41, 5.74) is 2.23. The van der Waals surface area contributed by atoms with Crippen LogP contribution in [0.1, 0.15) is 21.6 Å². The van der Waals surface area contributed by atoms with Crippen molar-refractivity contribution in [2.24, 2.45) is 0 Å². The van der Waals surface area contributed by atoms with Crippen LogP contribution in [0, 0.1) is 6.92 Å². The lowest BCUT2D eigenvalue weighted by atomic mass is 10.1. The van der Waals surface area contributed by atoms with Gasteiger partial charge in [-0.1, -0.05) is 12.1 Å². The molecular formula is C15H15NO2S. The van der Waals surface area contributed by atoms with Crippen molar-refractivity contribution in [3.8, 4) is 0 Å². The molecule has 2 aromatic rings. The second-order valence-electron chi connectivity index (χ2n) is 4.20. The lowest BCUT2D eigenvalue weighted by Gasteiger charge is -2.05. The first-order valence-electron chi connectivity index (χ1n) is 6.03. The van der Waals surface area contributed by atoms with Gasteiger partial charge in [0.2, 0.25) is 0 Å². The average molecular weight is 273 g/mol. The number of carboxylic acid groups (broad SMARTS) is 1. The summed E-state index contributed by atoms with van der Waals surface area (Å²) in [4.78, 5) is 16.3. The smallest absolute Gasteiger partial charge is 0.335 e. The van der Waals surface area contributed by atoms with Crippen LogP contribution in [0.25, 0.3) is 0 Å². The van der Waals surface area contributed by atoms with Gasteiger partial charge >= 0.3 is 5.97 Å². The van der Waals surface area contributed by atoms with E-state index in [1.807, 2.05) is 37.3 Å². The van der Waals surface area contributed by atoms with Gasteiger partial charge in [-0.05, 0) is 43.2 Å². The summed E-state index contributed by atoms with van der Waals surface area (Å²) < 4.78 is 0. The van der Waals surface area contributed by atoms with Gasteiger partial charge in [-0.2, -0.15) is 0 Å². The number of hydrogen-bond donors (Lipinski definition) is 1. The molecule has 19 heavy (non-hydrogen) atoms. The normalized spacial score (nSPS) is 10.4. The zero-order valence-corrected chi connectivity index (χ0v) is 11.5. The third-order valence-corrected chi connectivity index (χ3v) is 3.79. The largest absolute Gasteiger partial charge is 0.478 e. The molecule has 0 aliphatic rings. The number of benzene rings is 1. The first-order chi connectivity index (χ1) is 9.16. The van der Waals surface area contributed by atoms with Crippen LogP contribution >= 0.6 is 11.8 Å². The summed E-state index contributed by atoms with van der Waals surface area (Å²) in [5.74, 6) is 0.0174. The predicted octanol–water partition coefficient (Wildman–Crippen LogP) is 3.42. The quantitative estimate of drug-likeness (QED) is 0.848. The maximum atomic E-state index is 11.1. The standard InChI is InChI=1S/C15H15NO2S/c1-11-5-6-13(10-14(11)15(17)18)19-9-7-12-4-2-3-8-16-12/h2-6,8,10H,7,9H2,1H3,(H,17,18). The first kappa shape index (κ1) is 13.6. The van der Waals surface area contributed by atoms with Crippen molar-refractivity contribution in [3.05, 3.63) is 59.4 Å². The van der Waals surface area contributed by atoms with Gasteiger partial charge in [-0.3, -0.25) is 4.98 Å². The summed E-state index contributed by atoms with van der Waals surface area (Å²) in [6.07, 6.45) is 2.66. The number of aryl methyl sites for hydroxylation is 2. The fraction of sp³-hybridized carbons (Fsp3) is 0.200. The van der Waals surface area contributed by atoms with Crippen LogP contribution in [-0.4, -0.2) is 21.8 Å². The molecule has 0 bridgehead atoms. The van der Waals surface area contributed by atoms with Crippen LogP contribution in [0.3, 0.4) is 0 Å². The Morgan fingerprint density at radius 1 is 1.32 bits per heavy atom. The second-order valence-corrected chi connectivity index (χ2v) is 5.37. The first-order valence-corrected chi connectivity index (χ1v) is 7.02. The van der Waals surface area contributed by atoms with Crippen molar-refractivity contribution in [1.29, 1.82) is 0 Å². The summed E-state index contributed by atoms with van der Waals surface area (Å²) in [7, 11) is 0. The highest BCUT2D eigenvalue weighted by atomic mass is 32.2.